The van der Waals surface area contributed by atoms with Gasteiger partial charge in [-0.25, -0.2) is 4.98 Å². The topological polar surface area (TPSA) is 186 Å². The molecule has 1 atom stereocenters. The zero-order valence-electron chi connectivity index (χ0n) is 11.1. The summed E-state index contributed by atoms with van der Waals surface area (Å²) in [6.45, 7) is -0.846. The van der Waals surface area contributed by atoms with Crippen LogP contribution < -0.4 is 11.3 Å². The van der Waals surface area contributed by atoms with Crippen molar-refractivity contribution < 1.29 is 28.9 Å². The molecule has 0 radical (unpaired) electrons. The van der Waals surface area contributed by atoms with Crippen molar-refractivity contribution in [2.45, 2.75) is 13.0 Å². The number of hydrogen-bond acceptors (Lipinski definition) is 8. The molecule has 2 heterocycles. The van der Waals surface area contributed by atoms with E-state index in [1.807, 2.05) is 0 Å². The number of nitrogens with zero attached hydrogens (tertiary/aromatic N) is 3. The van der Waals surface area contributed by atoms with Crippen LogP contribution in [0, 0.1) is 0 Å². The first kappa shape index (κ1) is 24.2. The van der Waals surface area contributed by atoms with Crippen LogP contribution in [0.25, 0.3) is 11.2 Å². The third-order valence-electron chi connectivity index (χ3n) is 2.47. The molecule has 2 rings (SSSR count). The minimum atomic E-state index is -4.38. The van der Waals surface area contributed by atoms with Gasteiger partial charge in [0, 0.05) is 0 Å². The number of ether oxygens (including phenoxy) is 2. The van der Waals surface area contributed by atoms with Gasteiger partial charge in [0.15, 0.2) is 23.8 Å². The Hall–Kier alpha value is 0.180. The van der Waals surface area contributed by atoms with Gasteiger partial charge >= 0.3 is 66.7 Å². The van der Waals surface area contributed by atoms with E-state index < -0.39 is 32.4 Å². The van der Waals surface area contributed by atoms with Crippen molar-refractivity contribution in [1.29, 1.82) is 0 Å². The number of aromatic nitrogens is 4. The molecule has 0 aromatic carbocycles. The molecule has 0 aliphatic rings. The monoisotopic (exact) mass is 383 g/mol. The third-order valence-corrected chi connectivity index (χ3v) is 2.96. The molecule has 2 aromatic heterocycles. The van der Waals surface area contributed by atoms with E-state index in [2.05, 4.69) is 15.0 Å². The summed E-state index contributed by atoms with van der Waals surface area (Å²) in [7, 11) is -4.38. The van der Waals surface area contributed by atoms with Crippen LogP contribution >= 0.6 is 7.60 Å². The first-order chi connectivity index (χ1) is 10.3. The number of aliphatic hydroxyl groups excluding tert-OH is 1. The number of imidazole rings is 1. The van der Waals surface area contributed by atoms with Crippen LogP contribution in [0.1, 0.15) is 0 Å². The molecule has 1 unspecified atom stereocenters. The normalized spacial score (nSPS) is 12.5. The number of nitrogens with two attached hydrogens (primary N) is 1. The van der Waals surface area contributed by atoms with Gasteiger partial charge in [-0.1, -0.05) is 0 Å². The predicted octanol–water partition coefficient (Wildman–Crippen LogP) is -3.15. The predicted molar refractivity (Wildman–Crippen MR) is 86.8 cm³/mol. The Bertz CT molecular complexity index is 762. The van der Waals surface area contributed by atoms with Gasteiger partial charge in [0.25, 0.3) is 5.56 Å². The van der Waals surface area contributed by atoms with Crippen molar-refractivity contribution in [3.63, 3.8) is 0 Å². The Morgan fingerprint density at radius 1 is 1.38 bits per heavy atom. The second-order valence-corrected chi connectivity index (χ2v) is 5.79. The summed E-state index contributed by atoms with van der Waals surface area (Å²) in [5.41, 5.74) is 5.13. The standard InChI is InChI=1S/C9H14N5O7P.2Na.2H/c10-9-12-7-6(8(16)13-9)11-2-14(7)3-20-5(1-15)21-4-22(17,18)19;;;;/h2,5,15H,1,3-4H2,(H2,17,18,19)(H3,10,12,13,16);;;;. The van der Waals surface area contributed by atoms with Gasteiger partial charge in [-0.3, -0.25) is 18.9 Å². The third kappa shape index (κ3) is 6.83. The SMILES string of the molecule is Nc1nc2c(ncn2COC(CO)OCP(=O)(O)O)c(=O)[nH]1.[NaH].[NaH]. The maximum atomic E-state index is 11.6. The Balaban J connectivity index is 0.00000264. The number of anilines is 1. The summed E-state index contributed by atoms with van der Waals surface area (Å²) in [5.74, 6) is -0.101. The molecule has 0 amide bonds. The van der Waals surface area contributed by atoms with Crippen LogP contribution in [0.3, 0.4) is 0 Å². The zero-order valence-corrected chi connectivity index (χ0v) is 12.0. The summed E-state index contributed by atoms with van der Waals surface area (Å²) in [4.78, 5) is 39.0. The number of nitrogens with one attached hydrogen (secondary N) is 1. The molecule has 0 aliphatic carbocycles. The van der Waals surface area contributed by atoms with Gasteiger partial charge in [-0.05, 0) is 0 Å². The number of H-pyrrole nitrogens is 1. The number of hydrogen-bond donors (Lipinski definition) is 5. The van der Waals surface area contributed by atoms with Crippen molar-refractivity contribution in [2.75, 3.05) is 18.7 Å². The molecular weight excluding hydrogens is 367 g/mol. The van der Waals surface area contributed by atoms with E-state index in [0.29, 0.717) is 0 Å². The van der Waals surface area contributed by atoms with E-state index in [1.54, 1.807) is 0 Å². The van der Waals surface area contributed by atoms with E-state index in [4.69, 9.17) is 30.1 Å². The molecule has 0 aliphatic heterocycles. The molecule has 0 spiro atoms. The Morgan fingerprint density at radius 2 is 2.04 bits per heavy atom. The zero-order chi connectivity index (χ0) is 16.3. The van der Waals surface area contributed by atoms with Crippen LogP contribution in [0.5, 0.6) is 0 Å². The van der Waals surface area contributed by atoms with Crippen molar-refractivity contribution in [3.8, 4) is 0 Å². The van der Waals surface area contributed by atoms with Crippen molar-refractivity contribution in [3.05, 3.63) is 16.7 Å². The molecule has 12 nitrogen and oxygen atoms in total. The Morgan fingerprint density at radius 3 is 2.62 bits per heavy atom. The second-order valence-electron chi connectivity index (χ2n) is 4.21. The van der Waals surface area contributed by atoms with Crippen LogP contribution in [0.2, 0.25) is 0 Å². The molecule has 2 aromatic rings. The van der Waals surface area contributed by atoms with Crippen molar-refractivity contribution >= 4 is 83.8 Å². The first-order valence-corrected chi connectivity index (χ1v) is 7.69. The van der Waals surface area contributed by atoms with E-state index >= 15 is 0 Å². The van der Waals surface area contributed by atoms with Crippen LogP contribution in [-0.2, 0) is 20.8 Å². The molecule has 15 heteroatoms. The molecule has 0 bridgehead atoms. The maximum absolute atomic E-state index is 11.6. The fraction of sp³-hybridized carbons (Fsp3) is 0.444. The summed E-state index contributed by atoms with van der Waals surface area (Å²) in [5, 5.41) is 9.03. The average Bonchev–Trinajstić information content (AvgIpc) is 2.81. The van der Waals surface area contributed by atoms with Crippen molar-refractivity contribution in [1.82, 2.24) is 19.5 Å². The van der Waals surface area contributed by atoms with Crippen LogP contribution in [-0.4, -0.2) is 113 Å². The summed E-state index contributed by atoms with van der Waals surface area (Å²) >= 11 is 0. The van der Waals surface area contributed by atoms with Crippen LogP contribution in [0.15, 0.2) is 11.1 Å². The second kappa shape index (κ2) is 10.4. The Kier molecular flexibility index (Phi) is 10.4. The van der Waals surface area contributed by atoms with Gasteiger partial charge in [0.2, 0.25) is 5.95 Å². The Labute approximate surface area is 179 Å². The van der Waals surface area contributed by atoms with Gasteiger partial charge < -0.3 is 30.1 Å². The fourth-order valence-corrected chi connectivity index (χ4v) is 1.92. The number of fused-ring (bicyclic) bond motifs is 1. The van der Waals surface area contributed by atoms with Gasteiger partial charge in [0.05, 0.1) is 12.9 Å². The average molecular weight is 383 g/mol. The number of nitrogen functional groups attached to an aromatic ring is 1. The van der Waals surface area contributed by atoms with Crippen molar-refractivity contribution in [2.24, 2.45) is 0 Å². The van der Waals surface area contributed by atoms with E-state index in [1.165, 1.54) is 10.9 Å². The number of aromatic amines is 1. The van der Waals surface area contributed by atoms with Gasteiger partial charge in [-0.15, -0.1) is 0 Å². The molecule has 0 saturated heterocycles. The molecular formula is C9H16N5Na2O7P. The number of aliphatic hydroxyl groups is 1. The molecule has 0 fully saturated rings. The van der Waals surface area contributed by atoms with E-state index in [9.17, 15) is 9.36 Å². The fourth-order valence-electron chi connectivity index (χ4n) is 1.56. The summed E-state index contributed by atoms with van der Waals surface area (Å²) in [6.07, 6.45) is -0.887. The van der Waals surface area contributed by atoms with E-state index in [0.717, 1.165) is 0 Å². The van der Waals surface area contributed by atoms with Crippen LogP contribution in [0.4, 0.5) is 5.95 Å². The summed E-state index contributed by atoms with van der Waals surface area (Å²) in [6, 6.07) is 0. The molecule has 24 heavy (non-hydrogen) atoms. The molecule has 0 saturated carbocycles. The number of rotatable bonds is 7. The minimum absolute atomic E-state index is 0. The van der Waals surface area contributed by atoms with Gasteiger partial charge in [-0.2, -0.15) is 4.98 Å². The first-order valence-electron chi connectivity index (χ1n) is 5.89. The van der Waals surface area contributed by atoms with Gasteiger partial charge in [0.1, 0.15) is 6.73 Å². The molecule has 126 valence electrons. The summed E-state index contributed by atoms with van der Waals surface area (Å²) < 4.78 is 21.9. The quantitative estimate of drug-likeness (QED) is 0.186. The molecule has 6 N–H and O–H groups in total. The van der Waals surface area contributed by atoms with E-state index in [-0.39, 0.29) is 83.0 Å².